The molecule has 0 fully saturated rings. The van der Waals surface area contributed by atoms with Crippen LogP contribution in [0.5, 0.6) is 0 Å². The van der Waals surface area contributed by atoms with Gasteiger partial charge in [-0.1, -0.05) is 49.8 Å². The summed E-state index contributed by atoms with van der Waals surface area (Å²) in [6.45, 7) is 6.55. The van der Waals surface area contributed by atoms with Crippen molar-refractivity contribution < 1.29 is 0 Å². The third-order valence-corrected chi connectivity index (χ3v) is 3.66. The van der Waals surface area contributed by atoms with E-state index in [4.69, 9.17) is 0 Å². The van der Waals surface area contributed by atoms with Crippen molar-refractivity contribution in [2.45, 2.75) is 20.8 Å². The second kappa shape index (κ2) is 4.57. The molecule has 0 atom stereocenters. The molecule has 0 bridgehead atoms. The van der Waals surface area contributed by atoms with Crippen LogP contribution < -0.4 is 0 Å². The Morgan fingerprint density at radius 1 is 0.895 bits per heavy atom. The Morgan fingerprint density at radius 2 is 1.68 bits per heavy atom. The summed E-state index contributed by atoms with van der Waals surface area (Å²) in [6, 6.07) is 11.1. The molecule has 1 aliphatic rings. The summed E-state index contributed by atoms with van der Waals surface area (Å²) in [4.78, 5) is 0. The molecule has 19 heavy (non-hydrogen) atoms. The minimum absolute atomic E-state index is 0.512. The summed E-state index contributed by atoms with van der Waals surface area (Å²) in [6.07, 6.45) is 6.52. The lowest BCUT2D eigenvalue weighted by molar-refractivity contribution is 0.795. The van der Waals surface area contributed by atoms with E-state index in [9.17, 15) is 0 Å². The second-order valence-corrected chi connectivity index (χ2v) is 5.56. The van der Waals surface area contributed by atoms with Gasteiger partial charge >= 0.3 is 0 Å². The zero-order valence-corrected chi connectivity index (χ0v) is 11.7. The quantitative estimate of drug-likeness (QED) is 0.593. The van der Waals surface area contributed by atoms with Crippen LogP contribution in [-0.4, -0.2) is 0 Å². The third kappa shape index (κ3) is 2.28. The summed E-state index contributed by atoms with van der Waals surface area (Å²) in [7, 11) is 0. The SMILES string of the molecule is Cc1ccc2cc3c(cc2c1)C=CC(C(C)C)=C=C3. The number of hydrogen-bond acceptors (Lipinski definition) is 0. The predicted octanol–water partition coefficient (Wildman–Crippen LogP) is 5.37. The topological polar surface area (TPSA) is 0 Å². The molecule has 0 radical (unpaired) electrons. The van der Waals surface area contributed by atoms with Gasteiger partial charge in [-0.05, 0) is 58.5 Å². The van der Waals surface area contributed by atoms with Crippen molar-refractivity contribution in [3.8, 4) is 0 Å². The molecule has 0 unspecified atom stereocenters. The van der Waals surface area contributed by atoms with Crippen molar-refractivity contribution in [1.29, 1.82) is 0 Å². The lowest BCUT2D eigenvalue weighted by Crippen LogP contribution is -1.87. The molecule has 1 aliphatic carbocycles. The summed E-state index contributed by atoms with van der Waals surface area (Å²) < 4.78 is 0. The van der Waals surface area contributed by atoms with Crippen molar-refractivity contribution in [1.82, 2.24) is 0 Å². The average Bonchev–Trinajstić information content (AvgIpc) is 2.58. The molecule has 3 rings (SSSR count). The maximum absolute atomic E-state index is 3.42. The summed E-state index contributed by atoms with van der Waals surface area (Å²) >= 11 is 0. The van der Waals surface area contributed by atoms with E-state index in [-0.39, 0.29) is 0 Å². The predicted molar refractivity (Wildman–Crippen MR) is 84.0 cm³/mol. The van der Waals surface area contributed by atoms with E-state index in [2.05, 4.69) is 75.1 Å². The molecule has 0 saturated carbocycles. The maximum Gasteiger partial charge on any atom is -0.00344 e. The minimum atomic E-state index is 0.512. The summed E-state index contributed by atoms with van der Waals surface area (Å²) in [5.41, 5.74) is 8.52. The first-order valence-electron chi connectivity index (χ1n) is 6.82. The fourth-order valence-corrected chi connectivity index (χ4v) is 2.47. The number of benzene rings is 2. The molecule has 0 nitrogen and oxygen atoms in total. The molecule has 0 N–H and O–H groups in total. The second-order valence-electron chi connectivity index (χ2n) is 5.56. The van der Waals surface area contributed by atoms with Crippen LogP contribution in [0.25, 0.3) is 22.9 Å². The zero-order chi connectivity index (χ0) is 13.4. The zero-order valence-electron chi connectivity index (χ0n) is 11.7. The van der Waals surface area contributed by atoms with Crippen LogP contribution in [0.2, 0.25) is 0 Å². The molecular formula is C19H18. The number of fused-ring (bicyclic) bond motifs is 2. The lowest BCUT2D eigenvalue weighted by atomic mass is 9.99. The Hall–Kier alpha value is -2.04. The normalized spacial score (nSPS) is 13.6. The molecule has 0 aromatic heterocycles. The van der Waals surface area contributed by atoms with Crippen molar-refractivity contribution in [2.24, 2.45) is 5.92 Å². The van der Waals surface area contributed by atoms with E-state index >= 15 is 0 Å². The largest absolute Gasteiger partial charge is 0.116 e. The van der Waals surface area contributed by atoms with Crippen LogP contribution in [0, 0.1) is 12.8 Å². The fourth-order valence-electron chi connectivity index (χ4n) is 2.47. The molecular weight excluding hydrogens is 228 g/mol. The van der Waals surface area contributed by atoms with Gasteiger partial charge in [-0.2, -0.15) is 0 Å². The van der Waals surface area contributed by atoms with Crippen LogP contribution >= 0.6 is 0 Å². The molecule has 0 aliphatic heterocycles. The van der Waals surface area contributed by atoms with Gasteiger partial charge in [0.2, 0.25) is 0 Å². The highest BCUT2D eigenvalue weighted by atomic mass is 14.1. The van der Waals surface area contributed by atoms with E-state index < -0.39 is 0 Å². The van der Waals surface area contributed by atoms with E-state index in [0.29, 0.717) is 5.92 Å². The van der Waals surface area contributed by atoms with Crippen LogP contribution in [0.4, 0.5) is 0 Å². The smallest absolute Gasteiger partial charge is 0.00344 e. The van der Waals surface area contributed by atoms with Crippen LogP contribution in [0.1, 0.15) is 30.5 Å². The lowest BCUT2D eigenvalue weighted by Gasteiger charge is -2.05. The minimum Gasteiger partial charge on any atom is -0.116 e. The standard InChI is InChI=1S/C19H18/c1-13(2)15-6-8-16-11-18-5-4-14(3)10-19(18)12-17(16)9-7-15/h4-5,7-13H,1-3H3. The van der Waals surface area contributed by atoms with E-state index in [0.717, 1.165) is 0 Å². The fraction of sp³-hybridized carbons (Fsp3) is 0.211. The van der Waals surface area contributed by atoms with Gasteiger partial charge in [0, 0.05) is 0 Å². The van der Waals surface area contributed by atoms with Gasteiger partial charge in [-0.3, -0.25) is 0 Å². The van der Waals surface area contributed by atoms with E-state index in [1.165, 1.54) is 33.0 Å². The summed E-state index contributed by atoms with van der Waals surface area (Å²) in [5, 5.41) is 2.61. The van der Waals surface area contributed by atoms with Crippen molar-refractivity contribution in [2.75, 3.05) is 0 Å². The van der Waals surface area contributed by atoms with Crippen LogP contribution in [0.3, 0.4) is 0 Å². The Bertz CT molecular complexity index is 736. The Balaban J connectivity index is 2.21. The number of hydrogen-bond donors (Lipinski definition) is 0. The first-order valence-corrected chi connectivity index (χ1v) is 6.82. The van der Waals surface area contributed by atoms with Gasteiger partial charge in [-0.15, -0.1) is 5.73 Å². The highest BCUT2D eigenvalue weighted by Gasteiger charge is 2.05. The Morgan fingerprint density at radius 3 is 2.47 bits per heavy atom. The number of aryl methyl sites for hydroxylation is 1. The van der Waals surface area contributed by atoms with Gasteiger partial charge in [0.15, 0.2) is 0 Å². The van der Waals surface area contributed by atoms with Crippen LogP contribution in [-0.2, 0) is 0 Å². The highest BCUT2D eigenvalue weighted by Crippen LogP contribution is 2.26. The molecule has 2 aromatic rings. The molecule has 0 heterocycles. The molecule has 2 aromatic carbocycles. The van der Waals surface area contributed by atoms with Gasteiger partial charge < -0.3 is 0 Å². The average molecular weight is 246 g/mol. The van der Waals surface area contributed by atoms with Gasteiger partial charge in [0.25, 0.3) is 0 Å². The van der Waals surface area contributed by atoms with E-state index in [1.807, 2.05) is 0 Å². The summed E-state index contributed by atoms with van der Waals surface area (Å²) in [5.74, 6) is 0.512. The number of rotatable bonds is 1. The van der Waals surface area contributed by atoms with Crippen molar-refractivity contribution in [3.63, 3.8) is 0 Å². The van der Waals surface area contributed by atoms with Crippen molar-refractivity contribution >= 4 is 22.9 Å². The van der Waals surface area contributed by atoms with E-state index in [1.54, 1.807) is 0 Å². The first-order chi connectivity index (χ1) is 9.13. The maximum atomic E-state index is 3.42. The van der Waals surface area contributed by atoms with Gasteiger partial charge in [0.05, 0.1) is 0 Å². The Kier molecular flexibility index (Phi) is 2.89. The molecule has 0 saturated heterocycles. The molecule has 94 valence electrons. The molecule has 0 heteroatoms. The Labute approximate surface area is 114 Å². The molecule has 0 amide bonds. The monoisotopic (exact) mass is 246 g/mol. The first kappa shape index (κ1) is 12.0. The van der Waals surface area contributed by atoms with Gasteiger partial charge in [0.1, 0.15) is 0 Å². The highest BCUT2D eigenvalue weighted by molar-refractivity contribution is 5.89. The number of allylic oxidation sites excluding steroid dienone is 2. The van der Waals surface area contributed by atoms with Gasteiger partial charge in [-0.25, -0.2) is 0 Å². The van der Waals surface area contributed by atoms with Crippen molar-refractivity contribution in [3.05, 3.63) is 64.4 Å². The van der Waals surface area contributed by atoms with Crippen LogP contribution in [0.15, 0.2) is 47.7 Å². The third-order valence-electron chi connectivity index (χ3n) is 3.66. The molecule has 0 spiro atoms.